The molecule has 2 saturated heterocycles. The minimum absolute atomic E-state index is 0.532. The maximum Gasteiger partial charge on any atom is 0.203 e. The van der Waals surface area contributed by atoms with Crippen LogP contribution >= 0.6 is 11.6 Å². The largest absolute Gasteiger partial charge is 0.456 e. The molecule has 0 aromatic heterocycles. The molecule has 30 heavy (non-hydrogen) atoms. The zero-order valence-electron chi connectivity index (χ0n) is 16.9. The summed E-state index contributed by atoms with van der Waals surface area (Å²) in [5, 5.41) is 2.40. The Hall–Kier alpha value is -2.78. The average molecular weight is 416 g/mol. The highest BCUT2D eigenvalue weighted by Gasteiger charge is 2.22. The third-order valence-corrected chi connectivity index (χ3v) is 6.84. The summed E-state index contributed by atoms with van der Waals surface area (Å²) in [5.74, 6) is 1.48. The highest BCUT2D eigenvalue weighted by molar-refractivity contribution is 6.17. The number of rotatable bonds is 3. The van der Waals surface area contributed by atoms with E-state index < -0.39 is 0 Å². The van der Waals surface area contributed by atoms with Gasteiger partial charge in [0.15, 0.2) is 0 Å². The topological polar surface area (TPSA) is 19.4 Å². The summed E-state index contributed by atoms with van der Waals surface area (Å²) < 4.78 is 8.90. The lowest BCUT2D eigenvalue weighted by molar-refractivity contribution is 0.432. The summed E-state index contributed by atoms with van der Waals surface area (Å²) >= 11 is 6.02. The van der Waals surface area contributed by atoms with Crippen molar-refractivity contribution in [1.82, 2.24) is 4.58 Å². The van der Waals surface area contributed by atoms with Crippen LogP contribution in [0.5, 0.6) is 0 Å². The molecule has 0 radical (unpaired) electrons. The smallest absolute Gasteiger partial charge is 0.203 e. The second-order valence-electron chi connectivity index (χ2n) is 8.35. The van der Waals surface area contributed by atoms with E-state index in [-0.39, 0.29) is 0 Å². The first-order valence-electron chi connectivity index (χ1n) is 10.8. The van der Waals surface area contributed by atoms with Crippen molar-refractivity contribution in [2.24, 2.45) is 0 Å². The van der Waals surface area contributed by atoms with E-state index in [1.165, 1.54) is 35.0 Å². The van der Waals surface area contributed by atoms with Gasteiger partial charge in [0.2, 0.25) is 5.36 Å². The number of anilines is 1. The number of hydrogen-bond donors (Lipinski definition) is 0. The lowest BCUT2D eigenvalue weighted by Gasteiger charge is -2.33. The van der Waals surface area contributed by atoms with Gasteiger partial charge in [-0.3, -0.25) is 0 Å². The van der Waals surface area contributed by atoms with E-state index in [1.54, 1.807) is 0 Å². The Morgan fingerprint density at radius 2 is 1.73 bits per heavy atom. The van der Waals surface area contributed by atoms with Gasteiger partial charge in [-0.25, -0.2) is 4.58 Å². The predicted octanol–water partition coefficient (Wildman–Crippen LogP) is 5.33. The molecule has 1 aliphatic carbocycles. The standard InChI is InChI=1S/C26H24ClN2O/c27-17-18-3-5-19(6-4-18)26-22-9-7-20(28-11-1-12-28)15-24(22)30-25-16-21(8-10-23(25)26)29-13-2-14-29/h3-10,15-16H,1-2,11-14,17H2/q+1. The highest BCUT2D eigenvalue weighted by Crippen LogP contribution is 2.41. The summed E-state index contributed by atoms with van der Waals surface area (Å²) in [6.45, 7) is 4.52. The van der Waals surface area contributed by atoms with Crippen LogP contribution in [0.4, 0.5) is 5.69 Å². The molecule has 0 spiro atoms. The highest BCUT2D eigenvalue weighted by atomic mass is 35.5. The fourth-order valence-corrected chi connectivity index (χ4v) is 4.66. The molecule has 0 bridgehead atoms. The molecule has 6 rings (SSSR count). The SMILES string of the molecule is ClCc1ccc(-c2c3ccc(=[N+]4CCC4)cc-3oc3cc(N4CCC4)ccc23)cc1. The van der Waals surface area contributed by atoms with Crippen molar-refractivity contribution < 1.29 is 4.42 Å². The Kier molecular flexibility index (Phi) is 4.31. The van der Waals surface area contributed by atoms with E-state index in [2.05, 4.69) is 70.1 Å². The van der Waals surface area contributed by atoms with Crippen LogP contribution in [0.15, 0.2) is 65.1 Å². The van der Waals surface area contributed by atoms with Crippen LogP contribution in [0, 0.1) is 0 Å². The van der Waals surface area contributed by atoms with Gasteiger partial charge in [0.05, 0.1) is 12.5 Å². The first kappa shape index (κ1) is 18.0. The minimum atomic E-state index is 0.532. The summed E-state index contributed by atoms with van der Waals surface area (Å²) in [6.07, 6.45) is 2.54. The molecule has 4 heteroatoms. The summed E-state index contributed by atoms with van der Waals surface area (Å²) in [6, 6.07) is 21.9. The molecular weight excluding hydrogens is 392 g/mol. The van der Waals surface area contributed by atoms with Crippen molar-refractivity contribution in [2.75, 3.05) is 31.1 Å². The molecule has 4 aliphatic rings. The lowest BCUT2D eigenvalue weighted by atomic mass is 9.93. The second-order valence-corrected chi connectivity index (χ2v) is 8.62. The van der Waals surface area contributed by atoms with Crippen LogP contribution in [0.25, 0.3) is 33.4 Å². The lowest BCUT2D eigenvalue weighted by Crippen LogP contribution is -2.40. The summed E-state index contributed by atoms with van der Waals surface area (Å²) in [7, 11) is 0. The van der Waals surface area contributed by atoms with Crippen LogP contribution in [0.1, 0.15) is 18.4 Å². The van der Waals surface area contributed by atoms with Crippen LogP contribution in [0.2, 0.25) is 0 Å². The van der Waals surface area contributed by atoms with E-state index in [4.69, 9.17) is 16.0 Å². The van der Waals surface area contributed by atoms with Crippen LogP contribution < -0.4 is 14.8 Å². The quantitative estimate of drug-likeness (QED) is 0.256. The Morgan fingerprint density at radius 1 is 0.900 bits per heavy atom. The number of hydrogen-bond acceptors (Lipinski definition) is 2. The Morgan fingerprint density at radius 3 is 2.40 bits per heavy atom. The molecule has 2 aromatic rings. The molecule has 0 atom stereocenters. The van der Waals surface area contributed by atoms with E-state index in [0.717, 1.165) is 54.0 Å². The zero-order chi connectivity index (χ0) is 20.1. The van der Waals surface area contributed by atoms with Gasteiger partial charge in [-0.1, -0.05) is 24.3 Å². The maximum absolute atomic E-state index is 6.50. The summed E-state index contributed by atoms with van der Waals surface area (Å²) in [4.78, 5) is 2.41. The average Bonchev–Trinajstić information content (AvgIpc) is 2.69. The van der Waals surface area contributed by atoms with Gasteiger partial charge >= 0.3 is 0 Å². The molecule has 150 valence electrons. The maximum atomic E-state index is 6.50. The van der Waals surface area contributed by atoms with Crippen molar-refractivity contribution in [3.8, 4) is 22.5 Å². The van der Waals surface area contributed by atoms with E-state index in [0.29, 0.717) is 5.88 Å². The van der Waals surface area contributed by atoms with Crippen LogP contribution in [0.3, 0.4) is 0 Å². The van der Waals surface area contributed by atoms with Gasteiger partial charge < -0.3 is 9.32 Å². The normalized spacial score (nSPS) is 16.0. The third kappa shape index (κ3) is 2.92. The van der Waals surface area contributed by atoms with Gasteiger partial charge in [0.1, 0.15) is 24.4 Å². The van der Waals surface area contributed by atoms with Crippen LogP contribution in [-0.4, -0.2) is 26.2 Å². The van der Waals surface area contributed by atoms with Crippen LogP contribution in [-0.2, 0) is 5.88 Å². The van der Waals surface area contributed by atoms with Gasteiger partial charge in [-0.05, 0) is 35.7 Å². The number of nitrogens with zero attached hydrogens (tertiary/aromatic N) is 2. The van der Waals surface area contributed by atoms with Gasteiger partial charge in [-0.2, -0.15) is 0 Å². The molecule has 3 aliphatic heterocycles. The molecule has 0 saturated carbocycles. The van der Waals surface area contributed by atoms with Gasteiger partial charge in [0, 0.05) is 53.3 Å². The Balaban J connectivity index is 1.63. The van der Waals surface area contributed by atoms with Crippen molar-refractivity contribution in [3.05, 3.63) is 71.6 Å². The Bertz CT molecular complexity index is 1280. The number of alkyl halides is 1. The van der Waals surface area contributed by atoms with Crippen molar-refractivity contribution >= 4 is 28.3 Å². The van der Waals surface area contributed by atoms with Crippen molar-refractivity contribution in [1.29, 1.82) is 0 Å². The van der Waals surface area contributed by atoms with E-state index >= 15 is 0 Å². The van der Waals surface area contributed by atoms with Crippen molar-refractivity contribution in [3.63, 3.8) is 0 Å². The predicted molar refractivity (Wildman–Crippen MR) is 124 cm³/mol. The molecular formula is C26H24ClN2O+. The van der Waals surface area contributed by atoms with E-state index in [1.807, 2.05) is 0 Å². The number of benzene rings is 3. The summed E-state index contributed by atoms with van der Waals surface area (Å²) in [5.41, 5.74) is 6.92. The second kappa shape index (κ2) is 7.17. The number of fused-ring (bicyclic) bond motifs is 2. The Labute approximate surface area is 181 Å². The fraction of sp³-hybridized carbons (Fsp3) is 0.269. The van der Waals surface area contributed by atoms with Gasteiger partial charge in [-0.15, -0.1) is 11.6 Å². The molecule has 0 unspecified atom stereocenters. The van der Waals surface area contributed by atoms with Crippen molar-refractivity contribution in [2.45, 2.75) is 18.7 Å². The third-order valence-electron chi connectivity index (χ3n) is 6.53. The first-order valence-corrected chi connectivity index (χ1v) is 11.3. The molecule has 2 aromatic carbocycles. The van der Waals surface area contributed by atoms with E-state index in [9.17, 15) is 0 Å². The molecule has 3 heterocycles. The first-order chi connectivity index (χ1) is 14.8. The minimum Gasteiger partial charge on any atom is -0.456 e. The van der Waals surface area contributed by atoms with Gasteiger partial charge in [0.25, 0.3) is 0 Å². The molecule has 0 amide bonds. The monoisotopic (exact) mass is 415 g/mol. The molecule has 2 fully saturated rings. The molecule has 3 nitrogen and oxygen atoms in total. The zero-order valence-corrected chi connectivity index (χ0v) is 17.7. The number of halogens is 1. The molecule has 0 N–H and O–H groups in total. The fourth-order valence-electron chi connectivity index (χ4n) is 4.48.